The second-order valence-corrected chi connectivity index (χ2v) is 3.47. The summed E-state index contributed by atoms with van der Waals surface area (Å²) in [4.78, 5) is 0. The third-order valence-electron chi connectivity index (χ3n) is 2.02. The molecule has 1 unspecified atom stereocenters. The number of para-hydroxylation sites is 1. The van der Waals surface area contributed by atoms with Crippen molar-refractivity contribution in [2.24, 2.45) is 0 Å². The average molecular weight is 209 g/mol. The van der Waals surface area contributed by atoms with Crippen molar-refractivity contribution < 1.29 is 9.47 Å². The van der Waals surface area contributed by atoms with Gasteiger partial charge in [0.1, 0.15) is 12.4 Å². The summed E-state index contributed by atoms with van der Waals surface area (Å²) < 4.78 is 10.5. The first-order valence-electron chi connectivity index (χ1n) is 5.23. The Balaban J connectivity index is 2.07. The van der Waals surface area contributed by atoms with Crippen molar-refractivity contribution in [1.29, 1.82) is 0 Å². The Morgan fingerprint density at radius 1 is 1.27 bits per heavy atom. The van der Waals surface area contributed by atoms with Crippen molar-refractivity contribution in [3.8, 4) is 5.75 Å². The van der Waals surface area contributed by atoms with Crippen LogP contribution in [0.2, 0.25) is 0 Å². The smallest absolute Gasteiger partial charge is 0.119 e. The van der Waals surface area contributed by atoms with Crippen LogP contribution in [-0.4, -0.2) is 32.9 Å². The maximum Gasteiger partial charge on any atom is 0.119 e. The molecule has 3 nitrogen and oxygen atoms in total. The summed E-state index contributed by atoms with van der Waals surface area (Å²) in [6.45, 7) is 4.33. The van der Waals surface area contributed by atoms with Gasteiger partial charge in [0.15, 0.2) is 0 Å². The van der Waals surface area contributed by atoms with Crippen molar-refractivity contribution in [3.63, 3.8) is 0 Å². The van der Waals surface area contributed by atoms with Crippen LogP contribution >= 0.6 is 0 Å². The molecule has 0 fully saturated rings. The van der Waals surface area contributed by atoms with Crippen molar-refractivity contribution in [2.75, 3.05) is 26.9 Å². The highest BCUT2D eigenvalue weighted by Crippen LogP contribution is 2.07. The Bertz CT molecular complexity index is 251. The number of rotatable bonds is 7. The quantitative estimate of drug-likeness (QED) is 0.693. The van der Waals surface area contributed by atoms with Gasteiger partial charge in [-0.25, -0.2) is 0 Å². The highest BCUT2D eigenvalue weighted by atomic mass is 16.5. The maximum absolute atomic E-state index is 5.53. The minimum atomic E-state index is 0.370. The SMILES string of the molecule is COCC(C)NCCOc1ccccc1. The van der Waals surface area contributed by atoms with E-state index in [4.69, 9.17) is 9.47 Å². The second kappa shape index (κ2) is 7.26. The standard InChI is InChI=1S/C12H19NO2/c1-11(10-14-2)13-8-9-15-12-6-4-3-5-7-12/h3-7,11,13H,8-10H2,1-2H3. The lowest BCUT2D eigenvalue weighted by atomic mass is 10.3. The molecule has 0 aliphatic rings. The third-order valence-corrected chi connectivity index (χ3v) is 2.02. The zero-order valence-electron chi connectivity index (χ0n) is 9.40. The van der Waals surface area contributed by atoms with Crippen LogP contribution in [0.25, 0.3) is 0 Å². The minimum absolute atomic E-state index is 0.370. The second-order valence-electron chi connectivity index (χ2n) is 3.47. The van der Waals surface area contributed by atoms with Crippen LogP contribution in [0.15, 0.2) is 30.3 Å². The van der Waals surface area contributed by atoms with E-state index in [0.29, 0.717) is 12.6 Å². The van der Waals surface area contributed by atoms with E-state index in [1.807, 2.05) is 30.3 Å². The number of hydrogen-bond acceptors (Lipinski definition) is 3. The molecule has 0 radical (unpaired) electrons. The summed E-state index contributed by atoms with van der Waals surface area (Å²) in [6.07, 6.45) is 0. The topological polar surface area (TPSA) is 30.5 Å². The predicted molar refractivity (Wildman–Crippen MR) is 61.3 cm³/mol. The lowest BCUT2D eigenvalue weighted by molar-refractivity contribution is 0.169. The van der Waals surface area contributed by atoms with Crippen molar-refractivity contribution >= 4 is 0 Å². The molecule has 1 rings (SSSR count). The molecule has 3 heteroatoms. The zero-order chi connectivity index (χ0) is 10.9. The summed E-state index contributed by atoms with van der Waals surface area (Å²) in [6, 6.07) is 10.2. The van der Waals surface area contributed by atoms with Crippen LogP contribution in [0, 0.1) is 0 Å². The van der Waals surface area contributed by atoms with Gasteiger partial charge in [0.25, 0.3) is 0 Å². The lowest BCUT2D eigenvalue weighted by Crippen LogP contribution is -2.33. The van der Waals surface area contributed by atoms with Crippen molar-refractivity contribution in [2.45, 2.75) is 13.0 Å². The van der Waals surface area contributed by atoms with Crippen LogP contribution in [-0.2, 0) is 4.74 Å². The Labute approximate surface area is 91.4 Å². The van der Waals surface area contributed by atoms with Gasteiger partial charge in [-0.15, -0.1) is 0 Å². The van der Waals surface area contributed by atoms with Gasteiger partial charge in [0.05, 0.1) is 6.61 Å². The molecule has 1 aromatic carbocycles. The van der Waals surface area contributed by atoms with Crippen LogP contribution < -0.4 is 10.1 Å². The molecule has 1 aromatic rings. The largest absolute Gasteiger partial charge is 0.492 e. The van der Waals surface area contributed by atoms with Gasteiger partial charge in [-0.2, -0.15) is 0 Å². The van der Waals surface area contributed by atoms with Gasteiger partial charge in [-0.1, -0.05) is 18.2 Å². The minimum Gasteiger partial charge on any atom is -0.492 e. The number of nitrogens with one attached hydrogen (secondary N) is 1. The van der Waals surface area contributed by atoms with Crippen LogP contribution in [0.3, 0.4) is 0 Å². The summed E-state index contributed by atoms with van der Waals surface area (Å²) in [7, 11) is 1.71. The predicted octanol–water partition coefficient (Wildman–Crippen LogP) is 1.69. The van der Waals surface area contributed by atoms with E-state index < -0.39 is 0 Å². The molecular formula is C12H19NO2. The molecule has 0 heterocycles. The van der Waals surface area contributed by atoms with Crippen LogP contribution in [0.1, 0.15) is 6.92 Å². The molecule has 0 aliphatic carbocycles. The number of benzene rings is 1. The zero-order valence-corrected chi connectivity index (χ0v) is 9.40. The average Bonchev–Trinajstić information content (AvgIpc) is 2.26. The number of ether oxygens (including phenoxy) is 2. The Morgan fingerprint density at radius 3 is 2.67 bits per heavy atom. The van der Waals surface area contributed by atoms with E-state index in [9.17, 15) is 0 Å². The van der Waals surface area contributed by atoms with Gasteiger partial charge in [0, 0.05) is 19.7 Å². The fourth-order valence-corrected chi connectivity index (χ4v) is 1.30. The van der Waals surface area contributed by atoms with Gasteiger partial charge < -0.3 is 14.8 Å². The van der Waals surface area contributed by atoms with E-state index >= 15 is 0 Å². The molecule has 0 aromatic heterocycles. The van der Waals surface area contributed by atoms with Crippen LogP contribution in [0.4, 0.5) is 0 Å². The summed E-state index contributed by atoms with van der Waals surface area (Å²) in [5, 5.41) is 3.30. The molecule has 1 N–H and O–H groups in total. The fraction of sp³-hybridized carbons (Fsp3) is 0.500. The molecule has 15 heavy (non-hydrogen) atoms. The Hall–Kier alpha value is -1.06. The molecule has 0 saturated heterocycles. The Kier molecular flexibility index (Phi) is 5.81. The monoisotopic (exact) mass is 209 g/mol. The first-order chi connectivity index (χ1) is 7.33. The van der Waals surface area contributed by atoms with E-state index in [-0.39, 0.29) is 0 Å². The normalized spacial score (nSPS) is 12.4. The van der Waals surface area contributed by atoms with E-state index in [1.165, 1.54) is 0 Å². The van der Waals surface area contributed by atoms with E-state index in [0.717, 1.165) is 18.9 Å². The highest BCUT2D eigenvalue weighted by Gasteiger charge is 1.98. The molecule has 0 amide bonds. The maximum atomic E-state index is 5.53. The molecule has 84 valence electrons. The van der Waals surface area contributed by atoms with Gasteiger partial charge in [-0.3, -0.25) is 0 Å². The third kappa shape index (κ3) is 5.40. The molecule has 1 atom stereocenters. The van der Waals surface area contributed by atoms with Crippen LogP contribution in [0.5, 0.6) is 5.75 Å². The molecule has 0 saturated carbocycles. The summed E-state index contributed by atoms with van der Waals surface area (Å²) in [5.74, 6) is 0.915. The van der Waals surface area contributed by atoms with E-state index in [2.05, 4.69) is 12.2 Å². The van der Waals surface area contributed by atoms with Crippen molar-refractivity contribution in [1.82, 2.24) is 5.32 Å². The molecule has 0 spiro atoms. The number of hydrogen-bond donors (Lipinski definition) is 1. The molecular weight excluding hydrogens is 190 g/mol. The number of methoxy groups -OCH3 is 1. The van der Waals surface area contributed by atoms with E-state index in [1.54, 1.807) is 7.11 Å². The molecule has 0 bridgehead atoms. The van der Waals surface area contributed by atoms with Crippen molar-refractivity contribution in [3.05, 3.63) is 30.3 Å². The first-order valence-corrected chi connectivity index (χ1v) is 5.23. The Morgan fingerprint density at radius 2 is 2.00 bits per heavy atom. The summed E-state index contributed by atoms with van der Waals surface area (Å²) >= 11 is 0. The first kappa shape index (κ1) is 12.0. The summed E-state index contributed by atoms with van der Waals surface area (Å²) in [5.41, 5.74) is 0. The fourth-order valence-electron chi connectivity index (χ4n) is 1.30. The molecule has 0 aliphatic heterocycles. The lowest BCUT2D eigenvalue weighted by Gasteiger charge is -2.12. The van der Waals surface area contributed by atoms with Gasteiger partial charge in [-0.05, 0) is 19.1 Å². The van der Waals surface area contributed by atoms with Gasteiger partial charge in [0.2, 0.25) is 0 Å². The highest BCUT2D eigenvalue weighted by molar-refractivity contribution is 5.20. The van der Waals surface area contributed by atoms with Gasteiger partial charge >= 0.3 is 0 Å².